The zero-order valence-electron chi connectivity index (χ0n) is 11.0. The second kappa shape index (κ2) is 2.72. The van der Waals surface area contributed by atoms with Crippen molar-refractivity contribution in [2.45, 2.75) is 46.5 Å². The zero-order valence-corrected chi connectivity index (χ0v) is 11.0. The molecule has 0 radical (unpaired) electrons. The highest BCUT2D eigenvalue weighted by Crippen LogP contribution is 2.77. The third-order valence-electron chi connectivity index (χ3n) is 4.87. The van der Waals surface area contributed by atoms with Crippen molar-refractivity contribution < 1.29 is 0 Å². The molecule has 3 rings (SSSR count). The van der Waals surface area contributed by atoms with Crippen LogP contribution in [-0.2, 0) is 0 Å². The molecule has 0 nitrogen and oxygen atoms in total. The van der Waals surface area contributed by atoms with Crippen LogP contribution in [-0.4, -0.2) is 0 Å². The second-order valence-electron chi connectivity index (χ2n) is 7.30. The standard InChI is InChI=1S/C16H22/c1-15(2,3)12-10-8-6-7-9-11(10)13-14(12)16(13,4)5/h6-9,12-14H,1-5H3. The van der Waals surface area contributed by atoms with Gasteiger partial charge in [0.25, 0.3) is 0 Å². The van der Waals surface area contributed by atoms with Crippen LogP contribution in [0.4, 0.5) is 0 Å². The molecule has 0 saturated heterocycles. The first-order valence-electron chi connectivity index (χ1n) is 6.44. The molecule has 86 valence electrons. The molecule has 0 aliphatic heterocycles. The van der Waals surface area contributed by atoms with E-state index in [4.69, 9.17) is 0 Å². The summed E-state index contributed by atoms with van der Waals surface area (Å²) < 4.78 is 0. The Balaban J connectivity index is 2.14. The minimum atomic E-state index is 0.392. The molecule has 1 saturated carbocycles. The molecule has 2 aliphatic rings. The van der Waals surface area contributed by atoms with Gasteiger partial charge in [0.1, 0.15) is 0 Å². The van der Waals surface area contributed by atoms with Crippen molar-refractivity contribution in [3.8, 4) is 0 Å². The molecule has 16 heavy (non-hydrogen) atoms. The molecule has 0 aromatic heterocycles. The van der Waals surface area contributed by atoms with Crippen molar-refractivity contribution in [2.24, 2.45) is 16.7 Å². The van der Waals surface area contributed by atoms with Gasteiger partial charge in [0.2, 0.25) is 0 Å². The summed E-state index contributed by atoms with van der Waals surface area (Å²) in [5, 5.41) is 0. The van der Waals surface area contributed by atoms with Gasteiger partial charge in [0.15, 0.2) is 0 Å². The fraction of sp³-hybridized carbons (Fsp3) is 0.625. The summed E-state index contributed by atoms with van der Waals surface area (Å²) in [4.78, 5) is 0. The fourth-order valence-electron chi connectivity index (χ4n) is 4.17. The molecule has 1 aromatic carbocycles. The van der Waals surface area contributed by atoms with Gasteiger partial charge in [-0.05, 0) is 39.7 Å². The molecule has 1 aromatic rings. The van der Waals surface area contributed by atoms with Crippen molar-refractivity contribution >= 4 is 0 Å². The maximum Gasteiger partial charge on any atom is -0.00650 e. The Bertz CT molecular complexity index is 434. The average molecular weight is 214 g/mol. The van der Waals surface area contributed by atoms with Gasteiger partial charge in [-0.25, -0.2) is 0 Å². The highest BCUT2D eigenvalue weighted by Gasteiger charge is 2.67. The second-order valence-corrected chi connectivity index (χ2v) is 7.30. The van der Waals surface area contributed by atoms with Crippen molar-refractivity contribution in [1.29, 1.82) is 0 Å². The Morgan fingerprint density at radius 3 is 2.12 bits per heavy atom. The van der Waals surface area contributed by atoms with Gasteiger partial charge in [-0.15, -0.1) is 0 Å². The molecule has 0 heteroatoms. The Kier molecular flexibility index (Phi) is 1.77. The lowest BCUT2D eigenvalue weighted by atomic mass is 9.72. The van der Waals surface area contributed by atoms with Gasteiger partial charge in [-0.2, -0.15) is 0 Å². The lowest BCUT2D eigenvalue weighted by molar-refractivity contribution is 0.272. The lowest BCUT2D eigenvalue weighted by Gasteiger charge is -2.32. The monoisotopic (exact) mass is 214 g/mol. The van der Waals surface area contributed by atoms with E-state index in [-0.39, 0.29) is 0 Å². The van der Waals surface area contributed by atoms with Gasteiger partial charge in [0.05, 0.1) is 0 Å². The Morgan fingerprint density at radius 2 is 1.56 bits per heavy atom. The van der Waals surface area contributed by atoms with E-state index in [2.05, 4.69) is 58.9 Å². The number of hydrogen-bond donors (Lipinski definition) is 0. The molecule has 1 fully saturated rings. The molecular weight excluding hydrogens is 192 g/mol. The normalized spacial score (nSPS) is 34.4. The third-order valence-corrected chi connectivity index (χ3v) is 4.87. The van der Waals surface area contributed by atoms with Gasteiger partial charge < -0.3 is 0 Å². The van der Waals surface area contributed by atoms with Gasteiger partial charge in [-0.1, -0.05) is 58.9 Å². The largest absolute Gasteiger partial charge is 0.0620 e. The quantitative estimate of drug-likeness (QED) is 0.593. The molecule has 0 spiro atoms. The van der Waals surface area contributed by atoms with Crippen LogP contribution in [0.25, 0.3) is 0 Å². The number of benzene rings is 1. The molecule has 0 heterocycles. The predicted molar refractivity (Wildman–Crippen MR) is 68.7 cm³/mol. The van der Waals surface area contributed by atoms with Crippen LogP contribution >= 0.6 is 0 Å². The Labute approximate surface area is 99.1 Å². The van der Waals surface area contributed by atoms with Crippen molar-refractivity contribution in [1.82, 2.24) is 0 Å². The molecule has 0 bridgehead atoms. The number of hydrogen-bond acceptors (Lipinski definition) is 0. The lowest BCUT2D eigenvalue weighted by Crippen LogP contribution is -2.21. The van der Waals surface area contributed by atoms with Crippen LogP contribution in [0.3, 0.4) is 0 Å². The van der Waals surface area contributed by atoms with Crippen molar-refractivity contribution in [2.75, 3.05) is 0 Å². The van der Waals surface area contributed by atoms with Gasteiger partial charge >= 0.3 is 0 Å². The van der Waals surface area contributed by atoms with Crippen LogP contribution < -0.4 is 0 Å². The fourth-order valence-corrected chi connectivity index (χ4v) is 4.17. The summed E-state index contributed by atoms with van der Waals surface area (Å²) >= 11 is 0. The molecular formula is C16H22. The van der Waals surface area contributed by atoms with Crippen LogP contribution in [0, 0.1) is 16.7 Å². The average Bonchev–Trinajstić information content (AvgIpc) is 2.57. The molecule has 0 amide bonds. The van der Waals surface area contributed by atoms with Crippen LogP contribution in [0.2, 0.25) is 0 Å². The summed E-state index contributed by atoms with van der Waals surface area (Å²) in [6.07, 6.45) is 0. The maximum absolute atomic E-state index is 2.44. The molecule has 0 N–H and O–H groups in total. The predicted octanol–water partition coefficient (Wildman–Crippen LogP) is 4.57. The van der Waals surface area contributed by atoms with Crippen molar-refractivity contribution in [3.63, 3.8) is 0 Å². The summed E-state index contributed by atoms with van der Waals surface area (Å²) in [6.45, 7) is 12.1. The van der Waals surface area contributed by atoms with E-state index in [0.717, 1.165) is 17.8 Å². The first kappa shape index (κ1) is 10.4. The molecule has 3 atom stereocenters. The van der Waals surface area contributed by atoms with Gasteiger partial charge in [-0.3, -0.25) is 0 Å². The summed E-state index contributed by atoms with van der Waals surface area (Å²) in [6, 6.07) is 9.12. The molecule has 2 aliphatic carbocycles. The van der Waals surface area contributed by atoms with Crippen LogP contribution in [0.5, 0.6) is 0 Å². The SMILES string of the molecule is CC(C)(C)C1c2ccccc2C2C1C2(C)C. The first-order chi connectivity index (χ1) is 7.35. The van der Waals surface area contributed by atoms with E-state index in [0.29, 0.717) is 10.8 Å². The minimum Gasteiger partial charge on any atom is -0.0620 e. The van der Waals surface area contributed by atoms with Gasteiger partial charge in [0, 0.05) is 0 Å². The zero-order chi connectivity index (χ0) is 11.7. The van der Waals surface area contributed by atoms with Crippen LogP contribution in [0.1, 0.15) is 57.6 Å². The van der Waals surface area contributed by atoms with E-state index in [1.165, 1.54) is 0 Å². The smallest absolute Gasteiger partial charge is 0.00650 e. The van der Waals surface area contributed by atoms with E-state index < -0.39 is 0 Å². The van der Waals surface area contributed by atoms with E-state index in [9.17, 15) is 0 Å². The minimum absolute atomic E-state index is 0.392. The highest BCUT2D eigenvalue weighted by atomic mass is 14.7. The molecule has 3 unspecified atom stereocenters. The first-order valence-corrected chi connectivity index (χ1v) is 6.44. The van der Waals surface area contributed by atoms with E-state index >= 15 is 0 Å². The number of fused-ring (bicyclic) bond motifs is 3. The van der Waals surface area contributed by atoms with Crippen molar-refractivity contribution in [3.05, 3.63) is 35.4 Å². The summed E-state index contributed by atoms with van der Waals surface area (Å²) in [5.41, 5.74) is 4.19. The Hall–Kier alpha value is -0.780. The van der Waals surface area contributed by atoms with E-state index in [1.807, 2.05) is 0 Å². The summed E-state index contributed by atoms with van der Waals surface area (Å²) in [5.74, 6) is 2.46. The van der Waals surface area contributed by atoms with Crippen LogP contribution in [0.15, 0.2) is 24.3 Å². The number of rotatable bonds is 0. The topological polar surface area (TPSA) is 0 Å². The third kappa shape index (κ3) is 1.11. The highest BCUT2D eigenvalue weighted by molar-refractivity contribution is 5.49. The Morgan fingerprint density at radius 1 is 1.00 bits per heavy atom. The summed E-state index contributed by atoms with van der Waals surface area (Å²) in [7, 11) is 0. The van der Waals surface area contributed by atoms with E-state index in [1.54, 1.807) is 11.1 Å². The maximum atomic E-state index is 2.44.